The van der Waals surface area contributed by atoms with Gasteiger partial charge in [0, 0.05) is 18.3 Å². The second kappa shape index (κ2) is 8.44. The molecule has 0 fully saturated rings. The van der Waals surface area contributed by atoms with Crippen LogP contribution in [0.5, 0.6) is 0 Å². The van der Waals surface area contributed by atoms with Gasteiger partial charge in [0.15, 0.2) is 6.10 Å². The minimum absolute atomic E-state index is 0.190. The molecule has 0 radical (unpaired) electrons. The highest BCUT2D eigenvalue weighted by Gasteiger charge is 2.19. The van der Waals surface area contributed by atoms with Crippen molar-refractivity contribution in [1.29, 1.82) is 5.26 Å². The number of anilines is 2. The number of hydrogen-bond donors (Lipinski definition) is 2. The van der Waals surface area contributed by atoms with Crippen molar-refractivity contribution in [3.05, 3.63) is 59.7 Å². The second-order valence-corrected chi connectivity index (χ2v) is 5.48. The number of benzene rings is 2. The van der Waals surface area contributed by atoms with Crippen molar-refractivity contribution in [2.24, 2.45) is 0 Å². The number of amides is 2. The van der Waals surface area contributed by atoms with Crippen molar-refractivity contribution in [3.63, 3.8) is 0 Å². The number of nitrogens with zero attached hydrogens (tertiary/aromatic N) is 1. The number of hydrogen-bond acceptors (Lipinski definition) is 5. The fourth-order valence-corrected chi connectivity index (χ4v) is 2.05. The number of rotatable bonds is 5. The van der Waals surface area contributed by atoms with Gasteiger partial charge in [0.1, 0.15) is 0 Å². The molecule has 0 saturated carbocycles. The summed E-state index contributed by atoms with van der Waals surface area (Å²) >= 11 is 0. The summed E-state index contributed by atoms with van der Waals surface area (Å²) < 4.78 is 5.13. The molecule has 1 atom stereocenters. The zero-order chi connectivity index (χ0) is 19.1. The van der Waals surface area contributed by atoms with Crippen LogP contribution in [0, 0.1) is 11.3 Å². The van der Waals surface area contributed by atoms with Crippen LogP contribution in [0.2, 0.25) is 0 Å². The van der Waals surface area contributed by atoms with Gasteiger partial charge in [-0.25, -0.2) is 4.79 Å². The first kappa shape index (κ1) is 18.7. The smallest absolute Gasteiger partial charge is 0.338 e. The minimum Gasteiger partial charge on any atom is -0.449 e. The van der Waals surface area contributed by atoms with Crippen molar-refractivity contribution in [1.82, 2.24) is 0 Å². The van der Waals surface area contributed by atoms with E-state index in [0.29, 0.717) is 16.9 Å². The fraction of sp³-hybridized carbons (Fsp3) is 0.158. The molecule has 0 aliphatic rings. The van der Waals surface area contributed by atoms with Gasteiger partial charge in [0.05, 0.1) is 17.2 Å². The van der Waals surface area contributed by atoms with E-state index in [1.807, 2.05) is 6.07 Å². The van der Waals surface area contributed by atoms with E-state index in [1.54, 1.807) is 24.3 Å². The summed E-state index contributed by atoms with van der Waals surface area (Å²) in [4.78, 5) is 35.2. The Hall–Kier alpha value is -3.66. The molecule has 0 aliphatic heterocycles. The van der Waals surface area contributed by atoms with E-state index in [9.17, 15) is 14.4 Å². The highest BCUT2D eigenvalue weighted by Crippen LogP contribution is 2.14. The summed E-state index contributed by atoms with van der Waals surface area (Å²) in [6.45, 7) is 2.86. The Kier molecular flexibility index (Phi) is 6.06. The molecule has 26 heavy (non-hydrogen) atoms. The van der Waals surface area contributed by atoms with Gasteiger partial charge in [-0.2, -0.15) is 5.26 Å². The molecule has 0 bridgehead atoms. The lowest BCUT2D eigenvalue weighted by Gasteiger charge is -2.14. The van der Waals surface area contributed by atoms with Crippen LogP contribution in [0.15, 0.2) is 48.5 Å². The lowest BCUT2D eigenvalue weighted by Crippen LogP contribution is -2.30. The molecule has 0 aliphatic carbocycles. The van der Waals surface area contributed by atoms with Crippen LogP contribution in [-0.2, 0) is 14.3 Å². The van der Waals surface area contributed by atoms with Crippen LogP contribution in [0.3, 0.4) is 0 Å². The monoisotopic (exact) mass is 351 g/mol. The molecule has 7 heteroatoms. The summed E-state index contributed by atoms with van der Waals surface area (Å²) in [5, 5.41) is 14.0. The first-order chi connectivity index (χ1) is 12.4. The Balaban J connectivity index is 1.93. The molecule has 0 aromatic heterocycles. The van der Waals surface area contributed by atoms with E-state index >= 15 is 0 Å². The Morgan fingerprint density at radius 3 is 2.00 bits per heavy atom. The van der Waals surface area contributed by atoms with E-state index in [4.69, 9.17) is 10.00 Å². The third-order valence-corrected chi connectivity index (χ3v) is 3.38. The zero-order valence-electron chi connectivity index (χ0n) is 14.3. The first-order valence-corrected chi connectivity index (χ1v) is 7.78. The van der Waals surface area contributed by atoms with Gasteiger partial charge in [-0.3, -0.25) is 9.59 Å². The van der Waals surface area contributed by atoms with Crippen LogP contribution >= 0.6 is 0 Å². The van der Waals surface area contributed by atoms with Gasteiger partial charge in [-0.1, -0.05) is 0 Å². The molecule has 2 amide bonds. The molecule has 0 spiro atoms. The molecule has 0 heterocycles. The lowest BCUT2D eigenvalue weighted by atomic mass is 10.1. The van der Waals surface area contributed by atoms with Crippen LogP contribution in [0.25, 0.3) is 0 Å². The number of nitrogens with one attached hydrogen (secondary N) is 2. The molecular formula is C19H17N3O4. The topological polar surface area (TPSA) is 108 Å². The average molecular weight is 351 g/mol. The maximum absolute atomic E-state index is 12.1. The predicted octanol–water partition coefficient (Wildman–Crippen LogP) is 2.70. The largest absolute Gasteiger partial charge is 0.449 e. The number of carbonyl (C=O) groups excluding carboxylic acids is 3. The van der Waals surface area contributed by atoms with Gasteiger partial charge >= 0.3 is 5.97 Å². The molecular weight excluding hydrogens is 334 g/mol. The second-order valence-electron chi connectivity index (χ2n) is 5.48. The number of carbonyl (C=O) groups is 3. The van der Waals surface area contributed by atoms with E-state index in [2.05, 4.69) is 10.6 Å². The van der Waals surface area contributed by atoms with Crippen molar-refractivity contribution in [2.45, 2.75) is 20.0 Å². The Bertz CT molecular complexity index is 852. The standard InChI is InChI=1S/C19H17N3O4/c1-12(26-19(25)15-5-3-14(11-20)4-6-15)18(24)22-17-9-7-16(8-10-17)21-13(2)23/h3-10,12H,1-2H3,(H,21,23)(H,22,24)/t12-/m0/s1. The highest BCUT2D eigenvalue weighted by molar-refractivity contribution is 5.97. The number of esters is 1. The predicted molar refractivity (Wildman–Crippen MR) is 95.4 cm³/mol. The summed E-state index contributed by atoms with van der Waals surface area (Å²) in [6, 6.07) is 14.4. The maximum Gasteiger partial charge on any atom is 0.338 e. The summed E-state index contributed by atoms with van der Waals surface area (Å²) in [5.74, 6) is -1.33. The quantitative estimate of drug-likeness (QED) is 0.805. The summed E-state index contributed by atoms with van der Waals surface area (Å²) in [7, 11) is 0. The lowest BCUT2D eigenvalue weighted by molar-refractivity contribution is -0.123. The fourth-order valence-electron chi connectivity index (χ4n) is 2.05. The van der Waals surface area contributed by atoms with Crippen molar-refractivity contribution in [2.75, 3.05) is 10.6 Å². The van der Waals surface area contributed by atoms with Gasteiger partial charge in [-0.05, 0) is 55.5 Å². The highest BCUT2D eigenvalue weighted by atomic mass is 16.5. The van der Waals surface area contributed by atoms with E-state index in [0.717, 1.165) is 0 Å². The third kappa shape index (κ3) is 5.18. The Morgan fingerprint density at radius 1 is 0.962 bits per heavy atom. The third-order valence-electron chi connectivity index (χ3n) is 3.38. The molecule has 2 aromatic carbocycles. The van der Waals surface area contributed by atoms with Crippen molar-refractivity contribution in [3.8, 4) is 6.07 Å². The molecule has 2 N–H and O–H groups in total. The molecule has 132 valence electrons. The van der Waals surface area contributed by atoms with Crippen molar-refractivity contribution < 1.29 is 19.1 Å². The summed E-state index contributed by atoms with van der Waals surface area (Å²) in [5.41, 5.74) is 1.79. The normalized spacial score (nSPS) is 11.0. The molecule has 0 unspecified atom stereocenters. The van der Waals surface area contributed by atoms with Crippen LogP contribution < -0.4 is 10.6 Å². The molecule has 2 aromatic rings. The average Bonchev–Trinajstić information content (AvgIpc) is 2.62. The zero-order valence-corrected chi connectivity index (χ0v) is 14.3. The first-order valence-electron chi connectivity index (χ1n) is 7.78. The van der Waals surface area contributed by atoms with Gasteiger partial charge in [0.25, 0.3) is 5.91 Å². The van der Waals surface area contributed by atoms with E-state index < -0.39 is 18.0 Å². The maximum atomic E-state index is 12.1. The number of ether oxygens (including phenoxy) is 1. The minimum atomic E-state index is -1.01. The van der Waals surface area contributed by atoms with Crippen molar-refractivity contribution >= 4 is 29.2 Å². The van der Waals surface area contributed by atoms with E-state index in [-0.39, 0.29) is 11.5 Å². The molecule has 2 rings (SSSR count). The van der Waals surface area contributed by atoms with Crippen LogP contribution in [-0.4, -0.2) is 23.9 Å². The molecule has 0 saturated heterocycles. The SMILES string of the molecule is CC(=O)Nc1ccc(NC(=O)[C@H](C)OC(=O)c2ccc(C#N)cc2)cc1. The van der Waals surface area contributed by atoms with Gasteiger partial charge in [-0.15, -0.1) is 0 Å². The Labute approximate surface area is 150 Å². The number of nitriles is 1. The Morgan fingerprint density at radius 2 is 1.50 bits per heavy atom. The van der Waals surface area contributed by atoms with Crippen LogP contribution in [0.4, 0.5) is 11.4 Å². The molecule has 7 nitrogen and oxygen atoms in total. The van der Waals surface area contributed by atoms with Crippen LogP contribution in [0.1, 0.15) is 29.8 Å². The van der Waals surface area contributed by atoms with Gasteiger partial charge in [0.2, 0.25) is 5.91 Å². The summed E-state index contributed by atoms with van der Waals surface area (Å²) in [6.07, 6.45) is -1.01. The van der Waals surface area contributed by atoms with E-state index in [1.165, 1.54) is 38.1 Å². The van der Waals surface area contributed by atoms with Gasteiger partial charge < -0.3 is 15.4 Å².